The third-order valence-corrected chi connectivity index (χ3v) is 9.61. The molecule has 55 heavy (non-hydrogen) atoms. The summed E-state index contributed by atoms with van der Waals surface area (Å²) in [6.07, 6.45) is 3.69. The number of nitrogens with one attached hydrogen (secondary N) is 5. The first-order chi connectivity index (χ1) is 26.5. The SMILES string of the molecule is C[C@H](NC(=O)[C@@H](N)Cc1ccc2ccccc2c1)C(=O)N[C@@H](Cc1c[nH]c2ccccc12)C(=O)N[C@H](Cc1ccccc1)C(=O)N[C@@H](CCCCN)C(N)=O. The molecule has 0 saturated carbocycles. The van der Waals surface area contributed by atoms with Crippen LogP contribution in [0, 0.1) is 0 Å². The van der Waals surface area contributed by atoms with Crippen molar-refractivity contribution in [2.75, 3.05) is 6.54 Å². The van der Waals surface area contributed by atoms with Crippen LogP contribution in [-0.2, 0) is 43.2 Å². The standard InChI is InChI=1S/C42H50N8O5/c1-26(47-40(53)33(44)22-28-18-19-29-13-5-6-14-30(29)21-28)39(52)49-37(24-31-25-46-34-16-8-7-15-32(31)34)42(55)50-36(23-27-11-3-2-4-12-27)41(54)48-35(38(45)51)17-9-10-20-43/h2-8,11-16,18-19,21,25-26,33,35-37,46H,9-10,17,20,22-24,43-44H2,1H3,(H2,45,51)(H,47,53)(H,48,54)(H,49,52)(H,50,55)/t26-,33-,35-,36+,37-/m0/s1. The number of nitrogens with two attached hydrogens (primary N) is 3. The van der Waals surface area contributed by atoms with Crippen LogP contribution in [-0.4, -0.2) is 71.3 Å². The molecule has 11 N–H and O–H groups in total. The number of hydrogen-bond acceptors (Lipinski definition) is 7. The fourth-order valence-electron chi connectivity index (χ4n) is 6.51. The first-order valence-corrected chi connectivity index (χ1v) is 18.6. The number of aromatic amines is 1. The van der Waals surface area contributed by atoms with Gasteiger partial charge in [-0.15, -0.1) is 0 Å². The Labute approximate surface area is 320 Å². The molecule has 4 aromatic carbocycles. The summed E-state index contributed by atoms with van der Waals surface area (Å²) in [5.74, 6) is -3.09. The molecule has 0 aliphatic carbocycles. The van der Waals surface area contributed by atoms with Crippen molar-refractivity contribution in [3.8, 4) is 0 Å². The minimum atomic E-state index is -1.17. The molecule has 0 spiro atoms. The molecule has 13 nitrogen and oxygen atoms in total. The zero-order valence-corrected chi connectivity index (χ0v) is 30.9. The van der Waals surface area contributed by atoms with E-state index in [2.05, 4.69) is 26.3 Å². The van der Waals surface area contributed by atoms with Gasteiger partial charge >= 0.3 is 0 Å². The Morgan fingerprint density at radius 2 is 1.27 bits per heavy atom. The van der Waals surface area contributed by atoms with Gasteiger partial charge in [-0.25, -0.2) is 0 Å². The molecule has 5 rings (SSSR count). The summed E-state index contributed by atoms with van der Waals surface area (Å²) in [5.41, 5.74) is 20.8. The zero-order chi connectivity index (χ0) is 39.3. The Morgan fingerprint density at radius 1 is 0.636 bits per heavy atom. The number of para-hydroxylation sites is 1. The molecule has 0 aliphatic heterocycles. The fraction of sp³-hybridized carbons (Fsp3) is 0.310. The fourth-order valence-corrected chi connectivity index (χ4v) is 6.51. The van der Waals surface area contributed by atoms with Crippen LogP contribution in [0.25, 0.3) is 21.7 Å². The predicted octanol–water partition coefficient (Wildman–Crippen LogP) is 2.25. The van der Waals surface area contributed by atoms with Crippen molar-refractivity contribution in [3.05, 3.63) is 120 Å². The Kier molecular flexibility index (Phi) is 14.1. The highest BCUT2D eigenvalue weighted by atomic mass is 16.2. The van der Waals surface area contributed by atoms with Gasteiger partial charge in [0.2, 0.25) is 29.5 Å². The average molecular weight is 747 g/mol. The highest BCUT2D eigenvalue weighted by Crippen LogP contribution is 2.20. The molecule has 13 heteroatoms. The molecule has 0 radical (unpaired) electrons. The van der Waals surface area contributed by atoms with Crippen LogP contribution in [0.15, 0.2) is 103 Å². The van der Waals surface area contributed by atoms with Gasteiger partial charge in [0.05, 0.1) is 6.04 Å². The lowest BCUT2D eigenvalue weighted by atomic mass is 10.0. The van der Waals surface area contributed by atoms with Gasteiger partial charge in [-0.05, 0) is 72.7 Å². The smallest absolute Gasteiger partial charge is 0.243 e. The van der Waals surface area contributed by atoms with E-state index < -0.39 is 59.7 Å². The van der Waals surface area contributed by atoms with Crippen molar-refractivity contribution in [1.82, 2.24) is 26.3 Å². The molecule has 5 amide bonds. The normalized spacial score (nSPS) is 13.9. The number of amides is 5. The molecule has 5 aromatic rings. The predicted molar refractivity (Wildman–Crippen MR) is 213 cm³/mol. The van der Waals surface area contributed by atoms with Crippen LogP contribution < -0.4 is 38.5 Å². The van der Waals surface area contributed by atoms with E-state index in [9.17, 15) is 24.0 Å². The maximum atomic E-state index is 14.2. The number of hydrogen-bond donors (Lipinski definition) is 8. The third kappa shape index (κ3) is 11.2. The van der Waals surface area contributed by atoms with E-state index in [1.165, 1.54) is 6.92 Å². The van der Waals surface area contributed by atoms with Crippen LogP contribution in [0.2, 0.25) is 0 Å². The second-order valence-electron chi connectivity index (χ2n) is 13.8. The number of aromatic nitrogens is 1. The number of H-pyrrole nitrogens is 1. The lowest BCUT2D eigenvalue weighted by Crippen LogP contribution is -2.59. The summed E-state index contributed by atoms with van der Waals surface area (Å²) in [7, 11) is 0. The molecule has 1 aromatic heterocycles. The average Bonchev–Trinajstić information content (AvgIpc) is 3.59. The van der Waals surface area contributed by atoms with E-state index in [0.29, 0.717) is 25.8 Å². The van der Waals surface area contributed by atoms with E-state index in [0.717, 1.165) is 38.4 Å². The number of unbranched alkanes of at least 4 members (excludes halogenated alkanes) is 1. The van der Waals surface area contributed by atoms with Gasteiger partial charge in [0.1, 0.15) is 24.2 Å². The Hall–Kier alpha value is -6.05. The van der Waals surface area contributed by atoms with Gasteiger partial charge in [0.15, 0.2) is 0 Å². The molecule has 1 heterocycles. The van der Waals surface area contributed by atoms with Crippen LogP contribution in [0.5, 0.6) is 0 Å². The van der Waals surface area contributed by atoms with E-state index in [1.54, 1.807) is 6.20 Å². The summed E-state index contributed by atoms with van der Waals surface area (Å²) in [6.45, 7) is 1.94. The number of carbonyl (C=O) groups is 5. The van der Waals surface area contributed by atoms with Crippen molar-refractivity contribution in [1.29, 1.82) is 0 Å². The second-order valence-corrected chi connectivity index (χ2v) is 13.8. The minimum Gasteiger partial charge on any atom is -0.368 e. The molecular formula is C42H50N8O5. The highest BCUT2D eigenvalue weighted by Gasteiger charge is 2.31. The Balaban J connectivity index is 1.32. The van der Waals surface area contributed by atoms with Crippen LogP contribution >= 0.6 is 0 Å². The summed E-state index contributed by atoms with van der Waals surface area (Å²) in [5, 5.41) is 14.0. The molecule has 5 atom stereocenters. The zero-order valence-electron chi connectivity index (χ0n) is 30.9. The monoisotopic (exact) mass is 746 g/mol. The molecule has 0 aliphatic rings. The number of benzene rings is 4. The molecule has 0 bridgehead atoms. The first kappa shape index (κ1) is 40.1. The summed E-state index contributed by atoms with van der Waals surface area (Å²) < 4.78 is 0. The number of rotatable bonds is 19. The van der Waals surface area contributed by atoms with Gasteiger partial charge in [-0.3, -0.25) is 24.0 Å². The molecule has 0 fully saturated rings. The Bertz CT molecular complexity index is 2100. The van der Waals surface area contributed by atoms with Crippen molar-refractivity contribution in [3.63, 3.8) is 0 Å². The maximum absolute atomic E-state index is 14.2. The van der Waals surface area contributed by atoms with Crippen molar-refractivity contribution < 1.29 is 24.0 Å². The molecule has 0 saturated heterocycles. The Morgan fingerprint density at radius 3 is 2.00 bits per heavy atom. The van der Waals surface area contributed by atoms with Crippen molar-refractivity contribution in [2.45, 2.75) is 75.7 Å². The van der Waals surface area contributed by atoms with Gasteiger partial charge in [0, 0.05) is 29.9 Å². The highest BCUT2D eigenvalue weighted by molar-refractivity contribution is 5.96. The van der Waals surface area contributed by atoms with Crippen molar-refractivity contribution >= 4 is 51.2 Å². The van der Waals surface area contributed by atoms with Gasteiger partial charge in [-0.1, -0.05) is 91.0 Å². The second kappa shape index (κ2) is 19.3. The lowest BCUT2D eigenvalue weighted by molar-refractivity contribution is -0.134. The van der Waals surface area contributed by atoms with Gasteiger partial charge in [-0.2, -0.15) is 0 Å². The van der Waals surface area contributed by atoms with Gasteiger partial charge in [0.25, 0.3) is 0 Å². The quantitative estimate of drug-likeness (QED) is 0.0588. The maximum Gasteiger partial charge on any atom is 0.243 e. The minimum absolute atomic E-state index is 0.0619. The third-order valence-electron chi connectivity index (χ3n) is 9.61. The molecular weight excluding hydrogens is 697 g/mol. The summed E-state index contributed by atoms with van der Waals surface area (Å²) >= 11 is 0. The molecule has 0 unspecified atom stereocenters. The number of fused-ring (bicyclic) bond motifs is 2. The van der Waals surface area contributed by atoms with Crippen LogP contribution in [0.4, 0.5) is 0 Å². The van der Waals surface area contributed by atoms with Crippen LogP contribution in [0.3, 0.4) is 0 Å². The molecule has 288 valence electrons. The van der Waals surface area contributed by atoms with Crippen molar-refractivity contribution in [2.24, 2.45) is 17.2 Å². The topological polar surface area (TPSA) is 227 Å². The summed E-state index contributed by atoms with van der Waals surface area (Å²) in [6, 6.07) is 25.2. The summed E-state index contributed by atoms with van der Waals surface area (Å²) in [4.78, 5) is 70.3. The van der Waals surface area contributed by atoms with Gasteiger partial charge < -0.3 is 43.5 Å². The van der Waals surface area contributed by atoms with Crippen LogP contribution in [0.1, 0.15) is 42.9 Å². The number of carbonyl (C=O) groups excluding carboxylic acids is 5. The van der Waals surface area contributed by atoms with E-state index in [-0.39, 0.29) is 19.3 Å². The number of primary amides is 1. The largest absolute Gasteiger partial charge is 0.368 e. The lowest BCUT2D eigenvalue weighted by Gasteiger charge is -2.26. The van der Waals surface area contributed by atoms with E-state index >= 15 is 0 Å². The van der Waals surface area contributed by atoms with E-state index in [1.807, 2.05) is 97.1 Å². The van der Waals surface area contributed by atoms with E-state index in [4.69, 9.17) is 17.2 Å². The first-order valence-electron chi connectivity index (χ1n) is 18.6.